The molecule has 10 heteroatoms. The summed E-state index contributed by atoms with van der Waals surface area (Å²) in [6.07, 6.45) is -4.42. The van der Waals surface area contributed by atoms with Gasteiger partial charge >= 0.3 is 17.9 Å². The molecule has 0 unspecified atom stereocenters. The smallest absolute Gasteiger partial charge is 0.303 e. The van der Waals surface area contributed by atoms with Crippen LogP contribution in [0.2, 0.25) is 0 Å². The van der Waals surface area contributed by atoms with E-state index in [4.69, 9.17) is 23.7 Å². The minimum Gasteiger partial charge on any atom is -0.464 e. The summed E-state index contributed by atoms with van der Waals surface area (Å²) in [6.45, 7) is 3.54. The van der Waals surface area contributed by atoms with E-state index in [0.29, 0.717) is 5.90 Å². The molecule has 2 aliphatic rings. The molecule has 146 valence electrons. The van der Waals surface area contributed by atoms with Crippen LogP contribution in [0.5, 0.6) is 0 Å². The van der Waals surface area contributed by atoms with Crippen molar-refractivity contribution in [1.29, 1.82) is 0 Å². The first-order valence-corrected chi connectivity index (χ1v) is 9.14. The SMILES string of the molecule is CC(=O)OC[C@H]1O[C@@H]2N=C(c3cccs3)O[C@@H]2[C@@H](OC(C)=O)[C@@H]1OC(C)=O. The van der Waals surface area contributed by atoms with Gasteiger partial charge in [0, 0.05) is 20.8 Å². The Morgan fingerprint density at radius 2 is 1.81 bits per heavy atom. The van der Waals surface area contributed by atoms with E-state index in [1.165, 1.54) is 32.1 Å². The molecule has 27 heavy (non-hydrogen) atoms. The van der Waals surface area contributed by atoms with E-state index in [1.54, 1.807) is 0 Å². The topological polar surface area (TPSA) is 110 Å². The van der Waals surface area contributed by atoms with Crippen LogP contribution in [-0.2, 0) is 38.1 Å². The van der Waals surface area contributed by atoms with Crippen molar-refractivity contribution in [2.45, 2.75) is 51.4 Å². The number of hydrogen-bond acceptors (Lipinski definition) is 10. The molecule has 9 nitrogen and oxygen atoms in total. The summed E-state index contributed by atoms with van der Waals surface area (Å²) in [5.41, 5.74) is 0. The van der Waals surface area contributed by atoms with Crippen LogP contribution in [-0.4, -0.2) is 61.1 Å². The molecule has 2 aliphatic heterocycles. The highest BCUT2D eigenvalue weighted by atomic mass is 32.1. The van der Waals surface area contributed by atoms with Crippen LogP contribution in [0.3, 0.4) is 0 Å². The second-order valence-corrected chi connectivity index (χ2v) is 6.96. The molecule has 0 amide bonds. The van der Waals surface area contributed by atoms with Crippen molar-refractivity contribution >= 4 is 35.1 Å². The largest absolute Gasteiger partial charge is 0.464 e. The van der Waals surface area contributed by atoms with Gasteiger partial charge in [-0.05, 0) is 11.4 Å². The van der Waals surface area contributed by atoms with E-state index < -0.39 is 48.6 Å². The molecule has 1 fully saturated rings. The van der Waals surface area contributed by atoms with Crippen molar-refractivity contribution < 1.29 is 38.1 Å². The third-order valence-corrected chi connectivity index (χ3v) is 4.75. The Morgan fingerprint density at radius 1 is 1.11 bits per heavy atom. The first kappa shape index (κ1) is 19.3. The van der Waals surface area contributed by atoms with Gasteiger partial charge in [-0.15, -0.1) is 11.3 Å². The molecule has 0 bridgehead atoms. The number of aliphatic imine (C=N–C) groups is 1. The Morgan fingerprint density at radius 3 is 2.41 bits per heavy atom. The normalized spacial score (nSPS) is 29.1. The average molecular weight is 397 g/mol. The molecule has 5 atom stereocenters. The van der Waals surface area contributed by atoms with Crippen molar-refractivity contribution in [2.24, 2.45) is 4.99 Å². The highest BCUT2D eigenvalue weighted by Gasteiger charge is 2.54. The zero-order chi connectivity index (χ0) is 19.6. The highest BCUT2D eigenvalue weighted by Crippen LogP contribution is 2.34. The van der Waals surface area contributed by atoms with E-state index in [9.17, 15) is 14.4 Å². The fourth-order valence-electron chi connectivity index (χ4n) is 2.91. The van der Waals surface area contributed by atoms with Crippen LogP contribution < -0.4 is 0 Å². The van der Waals surface area contributed by atoms with Gasteiger partial charge in [-0.3, -0.25) is 14.4 Å². The van der Waals surface area contributed by atoms with Crippen molar-refractivity contribution in [3.8, 4) is 0 Å². The first-order chi connectivity index (χ1) is 12.8. The summed E-state index contributed by atoms with van der Waals surface area (Å²) < 4.78 is 27.5. The highest BCUT2D eigenvalue weighted by molar-refractivity contribution is 7.12. The predicted octanol–water partition coefficient (Wildman–Crippen LogP) is 1.04. The van der Waals surface area contributed by atoms with Gasteiger partial charge in [-0.25, -0.2) is 4.99 Å². The summed E-state index contributed by atoms with van der Waals surface area (Å²) in [4.78, 5) is 39.6. The van der Waals surface area contributed by atoms with Gasteiger partial charge in [0.05, 0.1) is 4.88 Å². The number of thiophene rings is 1. The Labute approximate surface area is 159 Å². The Balaban J connectivity index is 1.88. The van der Waals surface area contributed by atoms with Crippen molar-refractivity contribution in [2.75, 3.05) is 6.61 Å². The molecular weight excluding hydrogens is 378 g/mol. The number of ether oxygens (including phenoxy) is 5. The molecule has 0 aromatic carbocycles. The molecule has 0 N–H and O–H groups in total. The summed E-state index contributed by atoms with van der Waals surface area (Å²) in [5, 5.41) is 1.87. The van der Waals surface area contributed by atoms with E-state index >= 15 is 0 Å². The van der Waals surface area contributed by atoms with Gasteiger partial charge in [-0.2, -0.15) is 0 Å². The summed E-state index contributed by atoms with van der Waals surface area (Å²) in [7, 11) is 0. The second-order valence-electron chi connectivity index (χ2n) is 6.01. The molecule has 0 radical (unpaired) electrons. The van der Waals surface area contributed by atoms with E-state index in [-0.39, 0.29) is 6.61 Å². The van der Waals surface area contributed by atoms with Gasteiger partial charge in [0.15, 0.2) is 24.5 Å². The third-order valence-electron chi connectivity index (χ3n) is 3.89. The van der Waals surface area contributed by atoms with Crippen molar-refractivity contribution in [1.82, 2.24) is 0 Å². The standard InChI is InChI=1S/C17H19NO8S/c1-8(19)22-7-11-13(23-9(2)20)14(24-10(3)21)15-17(25-11)18-16(26-15)12-5-4-6-27-12/h4-6,11,13-15,17H,7H2,1-3H3/t11-,13-,14+,15-,17+/m1/s1. The molecule has 0 saturated carbocycles. The van der Waals surface area contributed by atoms with Crippen molar-refractivity contribution in [3.63, 3.8) is 0 Å². The predicted molar refractivity (Wildman–Crippen MR) is 92.1 cm³/mol. The number of hydrogen-bond donors (Lipinski definition) is 0. The van der Waals surface area contributed by atoms with Gasteiger partial charge in [-0.1, -0.05) is 6.07 Å². The molecule has 0 aliphatic carbocycles. The molecule has 1 saturated heterocycles. The van der Waals surface area contributed by atoms with Crippen LogP contribution >= 0.6 is 11.3 Å². The lowest BCUT2D eigenvalue weighted by Crippen LogP contribution is -2.60. The number of carbonyl (C=O) groups excluding carboxylic acids is 3. The number of esters is 3. The zero-order valence-electron chi connectivity index (χ0n) is 14.9. The van der Waals surface area contributed by atoms with Gasteiger partial charge in [0.2, 0.25) is 5.90 Å². The summed E-state index contributed by atoms with van der Waals surface area (Å²) in [6, 6.07) is 3.69. The number of fused-ring (bicyclic) bond motifs is 1. The van der Waals surface area contributed by atoms with Crippen LogP contribution in [0.1, 0.15) is 25.6 Å². The fourth-order valence-corrected chi connectivity index (χ4v) is 3.58. The minimum absolute atomic E-state index is 0.182. The van der Waals surface area contributed by atoms with Crippen LogP contribution in [0.25, 0.3) is 0 Å². The Kier molecular flexibility index (Phi) is 5.76. The third kappa shape index (κ3) is 4.45. The first-order valence-electron chi connectivity index (χ1n) is 8.26. The summed E-state index contributed by atoms with van der Waals surface area (Å²) >= 11 is 1.43. The molecule has 1 aromatic heterocycles. The number of carbonyl (C=O) groups is 3. The quantitative estimate of drug-likeness (QED) is 0.536. The lowest BCUT2D eigenvalue weighted by atomic mass is 9.98. The number of rotatable bonds is 5. The summed E-state index contributed by atoms with van der Waals surface area (Å²) in [5.74, 6) is -1.33. The van der Waals surface area contributed by atoms with Gasteiger partial charge in [0.1, 0.15) is 12.7 Å². The maximum absolute atomic E-state index is 11.6. The zero-order valence-corrected chi connectivity index (χ0v) is 15.8. The molecule has 3 rings (SSSR count). The second kappa shape index (κ2) is 8.05. The van der Waals surface area contributed by atoms with Crippen LogP contribution in [0, 0.1) is 0 Å². The lowest BCUT2D eigenvalue weighted by Gasteiger charge is -2.40. The minimum atomic E-state index is -1.01. The molecule has 3 heterocycles. The Hall–Kier alpha value is -2.46. The maximum atomic E-state index is 11.6. The van der Waals surface area contributed by atoms with E-state index in [2.05, 4.69) is 4.99 Å². The van der Waals surface area contributed by atoms with E-state index in [1.807, 2.05) is 17.5 Å². The maximum Gasteiger partial charge on any atom is 0.303 e. The number of nitrogens with zero attached hydrogens (tertiary/aromatic N) is 1. The van der Waals surface area contributed by atoms with Crippen molar-refractivity contribution in [3.05, 3.63) is 22.4 Å². The van der Waals surface area contributed by atoms with Gasteiger partial charge < -0.3 is 23.7 Å². The Bertz CT molecular complexity index is 746. The average Bonchev–Trinajstić information content (AvgIpc) is 3.23. The molecular formula is C17H19NO8S. The molecule has 1 aromatic rings. The van der Waals surface area contributed by atoms with E-state index in [0.717, 1.165) is 4.88 Å². The van der Waals surface area contributed by atoms with Crippen LogP contribution in [0.4, 0.5) is 0 Å². The van der Waals surface area contributed by atoms with Gasteiger partial charge in [0.25, 0.3) is 0 Å². The fraction of sp³-hybridized carbons (Fsp3) is 0.529. The monoisotopic (exact) mass is 397 g/mol. The lowest BCUT2D eigenvalue weighted by molar-refractivity contribution is -0.236. The molecule has 0 spiro atoms. The van der Waals surface area contributed by atoms with Crippen LogP contribution in [0.15, 0.2) is 22.5 Å².